The van der Waals surface area contributed by atoms with Crippen molar-refractivity contribution in [1.29, 1.82) is 0 Å². The van der Waals surface area contributed by atoms with Crippen molar-refractivity contribution < 1.29 is 14.4 Å². The smallest absolute Gasteiger partial charge is 0.369 e. The number of nitrogens with zero attached hydrogens (tertiary/aromatic N) is 1. The highest BCUT2D eigenvalue weighted by molar-refractivity contribution is 7.12. The molecule has 0 bridgehead atoms. The Bertz CT molecular complexity index is 908. The van der Waals surface area contributed by atoms with E-state index in [0.29, 0.717) is 22.9 Å². The number of hydrogen-bond donors (Lipinski definition) is 0. The molecule has 0 fully saturated rings. The molecule has 26 heavy (non-hydrogen) atoms. The molecule has 3 rings (SSSR count). The third-order valence-electron chi connectivity index (χ3n) is 3.64. The maximum absolute atomic E-state index is 12.4. The van der Waals surface area contributed by atoms with Crippen LogP contribution in [0.4, 0.5) is 0 Å². The van der Waals surface area contributed by atoms with Crippen LogP contribution in [-0.2, 0) is 11.3 Å². The number of carbonyl (C=O) groups excluding carboxylic acids is 1. The largest absolute Gasteiger partial charge is 0.496 e. The van der Waals surface area contributed by atoms with Gasteiger partial charge in [-0.15, -0.1) is 11.3 Å². The second-order valence-corrected chi connectivity index (χ2v) is 6.79. The summed E-state index contributed by atoms with van der Waals surface area (Å²) in [6, 6.07) is 18.5. The lowest BCUT2D eigenvalue weighted by Crippen LogP contribution is -2.09. The molecule has 0 unspecified atom stereocenters. The van der Waals surface area contributed by atoms with Crippen molar-refractivity contribution in [3.05, 3.63) is 87.1 Å². The predicted octanol–water partition coefficient (Wildman–Crippen LogP) is 5.21. The first kappa shape index (κ1) is 18.2. The van der Waals surface area contributed by atoms with Crippen molar-refractivity contribution in [2.45, 2.75) is 6.42 Å². The van der Waals surface area contributed by atoms with Crippen molar-refractivity contribution in [2.24, 2.45) is 5.16 Å². The minimum Gasteiger partial charge on any atom is -0.496 e. The molecule has 0 spiro atoms. The van der Waals surface area contributed by atoms with Crippen LogP contribution in [0.3, 0.4) is 0 Å². The van der Waals surface area contributed by atoms with Gasteiger partial charge < -0.3 is 9.57 Å². The summed E-state index contributed by atoms with van der Waals surface area (Å²) in [6.07, 6.45) is 0.557. The standard InChI is InChI=1S/C20H16ClNO3S/c1-24-18-10-9-15(21)13-16(18)20(23)25-22-17(19-8-5-11-26-19)12-14-6-3-2-4-7-14/h2-11,13H,12H2,1H3/b22-17+. The van der Waals surface area contributed by atoms with E-state index in [-0.39, 0.29) is 5.56 Å². The van der Waals surface area contributed by atoms with Crippen LogP contribution in [0.15, 0.2) is 71.2 Å². The number of benzene rings is 2. The van der Waals surface area contributed by atoms with Gasteiger partial charge in [-0.1, -0.05) is 53.2 Å². The second kappa shape index (κ2) is 8.65. The van der Waals surface area contributed by atoms with Crippen molar-refractivity contribution in [3.63, 3.8) is 0 Å². The van der Waals surface area contributed by atoms with Gasteiger partial charge in [-0.3, -0.25) is 0 Å². The minimum atomic E-state index is -0.619. The molecule has 0 amide bonds. The fraction of sp³-hybridized carbons (Fsp3) is 0.100. The van der Waals surface area contributed by atoms with Gasteiger partial charge in [-0.25, -0.2) is 4.79 Å². The molecule has 0 atom stereocenters. The third-order valence-corrected chi connectivity index (χ3v) is 4.79. The van der Waals surface area contributed by atoms with Gasteiger partial charge in [0.15, 0.2) is 0 Å². The third kappa shape index (κ3) is 4.50. The summed E-state index contributed by atoms with van der Waals surface area (Å²) < 4.78 is 5.19. The summed E-state index contributed by atoms with van der Waals surface area (Å²) in [6.45, 7) is 0. The van der Waals surface area contributed by atoms with Crippen LogP contribution in [0.1, 0.15) is 20.8 Å². The number of hydrogen-bond acceptors (Lipinski definition) is 5. The zero-order valence-corrected chi connectivity index (χ0v) is 15.6. The lowest BCUT2D eigenvalue weighted by molar-refractivity contribution is 0.0512. The van der Waals surface area contributed by atoms with E-state index in [1.807, 2.05) is 47.8 Å². The Morgan fingerprint density at radius 1 is 1.12 bits per heavy atom. The number of methoxy groups -OCH3 is 1. The van der Waals surface area contributed by atoms with E-state index in [9.17, 15) is 4.79 Å². The van der Waals surface area contributed by atoms with Crippen LogP contribution in [0.2, 0.25) is 5.02 Å². The summed E-state index contributed by atoms with van der Waals surface area (Å²) in [4.78, 5) is 18.6. The van der Waals surface area contributed by atoms with E-state index in [4.69, 9.17) is 21.2 Å². The number of rotatable bonds is 6. The van der Waals surface area contributed by atoms with E-state index in [0.717, 1.165) is 10.4 Å². The minimum absolute atomic E-state index is 0.231. The van der Waals surface area contributed by atoms with Gasteiger partial charge in [0.1, 0.15) is 17.0 Å². The van der Waals surface area contributed by atoms with Crippen molar-refractivity contribution >= 4 is 34.6 Å². The maximum atomic E-state index is 12.4. The molecule has 4 nitrogen and oxygen atoms in total. The summed E-state index contributed by atoms with van der Waals surface area (Å²) >= 11 is 7.51. The molecule has 3 aromatic rings. The maximum Gasteiger partial charge on any atom is 0.369 e. The normalized spacial score (nSPS) is 11.2. The molecule has 0 aliphatic heterocycles. The van der Waals surface area contributed by atoms with Crippen molar-refractivity contribution in [3.8, 4) is 5.75 Å². The van der Waals surface area contributed by atoms with Gasteiger partial charge >= 0.3 is 5.97 Å². The zero-order valence-electron chi connectivity index (χ0n) is 14.0. The van der Waals surface area contributed by atoms with E-state index >= 15 is 0 Å². The first-order chi connectivity index (χ1) is 12.7. The van der Waals surface area contributed by atoms with Gasteiger partial charge in [0.05, 0.1) is 12.0 Å². The molecule has 0 N–H and O–H groups in total. The fourth-order valence-corrected chi connectivity index (χ4v) is 3.26. The van der Waals surface area contributed by atoms with Gasteiger partial charge in [-0.2, -0.15) is 0 Å². The van der Waals surface area contributed by atoms with Crippen LogP contribution in [0.5, 0.6) is 5.75 Å². The molecule has 0 aliphatic rings. The molecule has 1 aromatic heterocycles. The Balaban J connectivity index is 1.84. The van der Waals surface area contributed by atoms with E-state index in [2.05, 4.69) is 5.16 Å². The first-order valence-electron chi connectivity index (χ1n) is 7.87. The highest BCUT2D eigenvalue weighted by atomic mass is 35.5. The number of thiophene rings is 1. The van der Waals surface area contributed by atoms with Crippen LogP contribution < -0.4 is 4.74 Å². The summed E-state index contributed by atoms with van der Waals surface area (Å²) in [5.41, 5.74) is 1.99. The van der Waals surface area contributed by atoms with Crippen LogP contribution in [0, 0.1) is 0 Å². The Morgan fingerprint density at radius 3 is 2.62 bits per heavy atom. The number of oxime groups is 1. The number of ether oxygens (including phenoxy) is 1. The average molecular weight is 386 g/mol. The highest BCUT2D eigenvalue weighted by Gasteiger charge is 2.16. The van der Waals surface area contributed by atoms with Crippen LogP contribution in [-0.4, -0.2) is 18.8 Å². The zero-order chi connectivity index (χ0) is 18.4. The number of halogens is 1. The average Bonchev–Trinajstić information content (AvgIpc) is 3.20. The summed E-state index contributed by atoms with van der Waals surface area (Å²) in [5.74, 6) is -0.234. The lowest BCUT2D eigenvalue weighted by atomic mass is 10.1. The molecule has 0 radical (unpaired) electrons. The molecular weight excluding hydrogens is 370 g/mol. The quantitative estimate of drug-likeness (QED) is 0.332. The van der Waals surface area contributed by atoms with Crippen LogP contribution in [0.25, 0.3) is 0 Å². The van der Waals surface area contributed by atoms with E-state index in [1.54, 1.807) is 12.1 Å². The highest BCUT2D eigenvalue weighted by Crippen LogP contribution is 2.24. The molecule has 1 heterocycles. The molecule has 6 heteroatoms. The first-order valence-corrected chi connectivity index (χ1v) is 9.12. The molecule has 0 aliphatic carbocycles. The van der Waals surface area contributed by atoms with Gasteiger partial charge in [0.25, 0.3) is 0 Å². The molecule has 2 aromatic carbocycles. The fourth-order valence-electron chi connectivity index (χ4n) is 2.38. The molecule has 0 saturated heterocycles. The molecular formula is C20H16ClNO3S. The van der Waals surface area contributed by atoms with Crippen LogP contribution >= 0.6 is 22.9 Å². The number of carbonyl (C=O) groups is 1. The molecule has 132 valence electrons. The lowest BCUT2D eigenvalue weighted by Gasteiger charge is -2.08. The Morgan fingerprint density at radius 2 is 1.92 bits per heavy atom. The SMILES string of the molecule is COc1ccc(Cl)cc1C(=O)O/N=C(\Cc1ccccc1)c1cccs1. The topological polar surface area (TPSA) is 47.9 Å². The second-order valence-electron chi connectivity index (χ2n) is 5.40. The monoisotopic (exact) mass is 385 g/mol. The van der Waals surface area contributed by atoms with E-state index in [1.165, 1.54) is 24.5 Å². The van der Waals surface area contributed by atoms with Crippen molar-refractivity contribution in [2.75, 3.05) is 7.11 Å². The summed E-state index contributed by atoms with van der Waals surface area (Å²) in [5, 5.41) is 6.50. The Hall–Kier alpha value is -2.63. The van der Waals surface area contributed by atoms with Gasteiger partial charge in [0, 0.05) is 11.4 Å². The van der Waals surface area contributed by atoms with Gasteiger partial charge in [-0.05, 0) is 35.2 Å². The Kier molecular flexibility index (Phi) is 6.04. The van der Waals surface area contributed by atoms with Gasteiger partial charge in [0.2, 0.25) is 0 Å². The Labute approximate surface area is 160 Å². The van der Waals surface area contributed by atoms with E-state index < -0.39 is 5.97 Å². The van der Waals surface area contributed by atoms with Crippen molar-refractivity contribution in [1.82, 2.24) is 0 Å². The summed E-state index contributed by atoms with van der Waals surface area (Å²) in [7, 11) is 1.48. The predicted molar refractivity (Wildman–Crippen MR) is 104 cm³/mol. The molecule has 0 saturated carbocycles.